The van der Waals surface area contributed by atoms with E-state index in [0.717, 1.165) is 24.7 Å². The zero-order valence-electron chi connectivity index (χ0n) is 10.1. The van der Waals surface area contributed by atoms with Crippen LogP contribution in [0.1, 0.15) is 40.5 Å². The minimum Gasteiger partial charge on any atom is -0.361 e. The monoisotopic (exact) mass is 208 g/mol. The van der Waals surface area contributed by atoms with Crippen LogP contribution in [0.5, 0.6) is 0 Å². The highest BCUT2D eigenvalue weighted by Crippen LogP contribution is 2.31. The zero-order valence-corrected chi connectivity index (χ0v) is 10.1. The van der Waals surface area contributed by atoms with Crippen molar-refractivity contribution < 1.29 is 9.53 Å². The van der Waals surface area contributed by atoms with E-state index >= 15 is 0 Å². The van der Waals surface area contributed by atoms with E-state index in [-0.39, 0.29) is 6.10 Å². The lowest BCUT2D eigenvalue weighted by atomic mass is 9.93. The van der Waals surface area contributed by atoms with Crippen LogP contribution in [-0.4, -0.2) is 19.0 Å². The van der Waals surface area contributed by atoms with Crippen LogP contribution in [0, 0.1) is 0 Å². The summed E-state index contributed by atoms with van der Waals surface area (Å²) in [5, 5.41) is 0. The van der Waals surface area contributed by atoms with Crippen molar-refractivity contribution in [1.29, 1.82) is 0 Å². The molecule has 2 nitrogen and oxygen atoms in total. The lowest BCUT2D eigenvalue weighted by molar-refractivity contribution is -0.114. The predicted octanol–water partition coefficient (Wildman–Crippen LogP) is 3.04. The molecule has 1 aliphatic heterocycles. The molecule has 1 atom stereocenters. The highest BCUT2D eigenvalue weighted by atomic mass is 16.5. The van der Waals surface area contributed by atoms with Crippen molar-refractivity contribution in [1.82, 2.24) is 0 Å². The van der Waals surface area contributed by atoms with E-state index in [1.165, 1.54) is 16.7 Å². The summed E-state index contributed by atoms with van der Waals surface area (Å²) in [6.07, 6.45) is 2.57. The van der Waals surface area contributed by atoms with Gasteiger partial charge in [0.2, 0.25) is 0 Å². The Morgan fingerprint density at radius 3 is 2.40 bits per heavy atom. The van der Waals surface area contributed by atoms with Gasteiger partial charge < -0.3 is 9.53 Å². The lowest BCUT2D eigenvalue weighted by Crippen LogP contribution is -2.10. The molecule has 0 bridgehead atoms. The van der Waals surface area contributed by atoms with Crippen molar-refractivity contribution in [3.63, 3.8) is 0 Å². The maximum Gasteiger partial charge on any atom is 0.153 e. The normalized spacial score (nSPS) is 27.9. The average Bonchev–Trinajstić information content (AvgIpc) is 2.70. The van der Waals surface area contributed by atoms with Gasteiger partial charge in [-0.3, -0.25) is 0 Å². The number of allylic oxidation sites excluding steroid dienone is 2. The molecule has 0 aromatic carbocycles. The summed E-state index contributed by atoms with van der Waals surface area (Å²) in [5.41, 5.74) is 4.98. The van der Waals surface area contributed by atoms with E-state index in [2.05, 4.69) is 27.7 Å². The van der Waals surface area contributed by atoms with E-state index in [1.54, 1.807) is 0 Å². The topological polar surface area (TPSA) is 26.3 Å². The Balaban J connectivity index is 3.18. The molecule has 1 unspecified atom stereocenters. The van der Waals surface area contributed by atoms with Gasteiger partial charge in [-0.05, 0) is 37.8 Å². The van der Waals surface area contributed by atoms with Gasteiger partial charge in [0.1, 0.15) is 6.10 Å². The molecule has 0 radical (unpaired) electrons. The molecule has 15 heavy (non-hydrogen) atoms. The minimum absolute atomic E-state index is 0.332. The Labute approximate surface area is 92.0 Å². The molecule has 1 heterocycles. The molecular weight excluding hydrogens is 188 g/mol. The first-order chi connectivity index (χ1) is 7.15. The van der Waals surface area contributed by atoms with E-state index < -0.39 is 0 Å². The van der Waals surface area contributed by atoms with Crippen LogP contribution >= 0.6 is 0 Å². The second-order valence-electron chi connectivity index (χ2n) is 4.03. The molecule has 1 fully saturated rings. The van der Waals surface area contributed by atoms with E-state index in [0.29, 0.717) is 6.61 Å². The third-order valence-corrected chi connectivity index (χ3v) is 3.18. The molecule has 2 heteroatoms. The van der Waals surface area contributed by atoms with Crippen LogP contribution in [0.15, 0.2) is 22.3 Å². The Morgan fingerprint density at radius 2 is 1.93 bits per heavy atom. The predicted molar refractivity (Wildman–Crippen MR) is 61.8 cm³/mol. The smallest absolute Gasteiger partial charge is 0.153 e. The number of carbonyl (C=O) groups excluding carboxylic acids is 1. The molecule has 0 aliphatic carbocycles. The third kappa shape index (κ3) is 2.37. The number of rotatable bonds is 3. The first-order valence-electron chi connectivity index (χ1n) is 5.61. The Kier molecular flexibility index (Phi) is 4.28. The molecule has 0 aromatic heterocycles. The number of ether oxygens (including phenoxy) is 1. The molecule has 0 amide bonds. The van der Waals surface area contributed by atoms with Gasteiger partial charge in [-0.25, -0.2) is 0 Å². The van der Waals surface area contributed by atoms with Gasteiger partial charge in [-0.2, -0.15) is 0 Å². The molecule has 1 aliphatic rings. The summed E-state index contributed by atoms with van der Waals surface area (Å²) in [5.74, 6) is 0. The molecule has 84 valence electrons. The van der Waals surface area contributed by atoms with Crippen LogP contribution in [0.2, 0.25) is 0 Å². The first-order valence-corrected chi connectivity index (χ1v) is 5.61. The van der Waals surface area contributed by atoms with Gasteiger partial charge in [-0.15, -0.1) is 0 Å². The van der Waals surface area contributed by atoms with Crippen molar-refractivity contribution in [2.24, 2.45) is 0 Å². The molecule has 0 aromatic rings. The van der Waals surface area contributed by atoms with Crippen LogP contribution in [0.4, 0.5) is 0 Å². The minimum atomic E-state index is -0.332. The van der Waals surface area contributed by atoms with Crippen molar-refractivity contribution in [2.45, 2.75) is 46.6 Å². The Hall–Kier alpha value is -0.890. The second kappa shape index (κ2) is 5.26. The van der Waals surface area contributed by atoms with Gasteiger partial charge in [-0.1, -0.05) is 25.0 Å². The van der Waals surface area contributed by atoms with Crippen molar-refractivity contribution >= 4 is 6.29 Å². The lowest BCUT2D eigenvalue weighted by Gasteiger charge is -2.10. The molecule has 0 spiro atoms. The maximum absolute atomic E-state index is 10.9. The fourth-order valence-electron chi connectivity index (χ4n) is 1.87. The van der Waals surface area contributed by atoms with Crippen molar-refractivity contribution in [3.05, 3.63) is 22.3 Å². The van der Waals surface area contributed by atoms with E-state index in [4.69, 9.17) is 4.74 Å². The average molecular weight is 208 g/mol. The highest BCUT2D eigenvalue weighted by molar-refractivity contribution is 5.68. The fraction of sp³-hybridized carbons (Fsp3) is 0.615. The number of carbonyl (C=O) groups is 1. The molecular formula is C13H20O2. The van der Waals surface area contributed by atoms with Gasteiger partial charge >= 0.3 is 0 Å². The summed E-state index contributed by atoms with van der Waals surface area (Å²) in [6.45, 7) is 9.05. The summed E-state index contributed by atoms with van der Waals surface area (Å²) in [4.78, 5) is 10.9. The summed E-state index contributed by atoms with van der Waals surface area (Å²) in [7, 11) is 0. The maximum atomic E-state index is 10.9. The molecule has 1 rings (SSSR count). The van der Waals surface area contributed by atoms with Crippen LogP contribution < -0.4 is 0 Å². The fourth-order valence-corrected chi connectivity index (χ4v) is 1.87. The number of hydrogen-bond acceptors (Lipinski definition) is 2. The molecule has 0 N–H and O–H groups in total. The SMILES string of the molecule is CCC(C)=C1COC(C=O)C1=C(C)CC. The molecule has 1 saturated heterocycles. The van der Waals surface area contributed by atoms with E-state index in [9.17, 15) is 4.79 Å². The van der Waals surface area contributed by atoms with Gasteiger partial charge in [0, 0.05) is 0 Å². The Morgan fingerprint density at radius 1 is 1.33 bits per heavy atom. The highest BCUT2D eigenvalue weighted by Gasteiger charge is 2.28. The summed E-state index contributed by atoms with van der Waals surface area (Å²) < 4.78 is 5.49. The van der Waals surface area contributed by atoms with Crippen LogP contribution in [0.25, 0.3) is 0 Å². The Bertz CT molecular complexity index is 310. The molecule has 0 saturated carbocycles. The van der Waals surface area contributed by atoms with E-state index in [1.807, 2.05) is 0 Å². The van der Waals surface area contributed by atoms with Gasteiger partial charge in [0.05, 0.1) is 6.61 Å². The largest absolute Gasteiger partial charge is 0.361 e. The van der Waals surface area contributed by atoms with Crippen LogP contribution in [0.3, 0.4) is 0 Å². The summed E-state index contributed by atoms with van der Waals surface area (Å²) in [6, 6.07) is 0. The first kappa shape index (κ1) is 12.2. The second-order valence-corrected chi connectivity index (χ2v) is 4.03. The number of hydrogen-bond donors (Lipinski definition) is 0. The summed E-state index contributed by atoms with van der Waals surface area (Å²) >= 11 is 0. The quantitative estimate of drug-likeness (QED) is 0.666. The standard InChI is InChI=1S/C13H20O2/c1-5-9(3)11-8-15-12(7-14)13(11)10(4)6-2/h7,12H,5-6,8H2,1-4H3. The van der Waals surface area contributed by atoms with Gasteiger partial charge in [0.25, 0.3) is 0 Å². The van der Waals surface area contributed by atoms with Gasteiger partial charge in [0.15, 0.2) is 6.29 Å². The van der Waals surface area contributed by atoms with Crippen LogP contribution in [-0.2, 0) is 9.53 Å². The third-order valence-electron chi connectivity index (χ3n) is 3.18. The zero-order chi connectivity index (χ0) is 11.4. The number of aldehydes is 1. The van der Waals surface area contributed by atoms with Crippen molar-refractivity contribution in [3.8, 4) is 0 Å². The van der Waals surface area contributed by atoms with Crippen molar-refractivity contribution in [2.75, 3.05) is 6.61 Å².